The van der Waals surface area contributed by atoms with Gasteiger partial charge >= 0.3 is 0 Å². The standard InChI is InChI=1S/C12H17N3O/c1-9(13-2)8-15-7-6-10-11(15)4-5-12(14-10)16-3/h4-7,9,13H,8H2,1-3H3/t9-/m1/s1. The molecule has 2 aromatic rings. The van der Waals surface area contributed by atoms with E-state index in [9.17, 15) is 0 Å². The number of hydrogen-bond acceptors (Lipinski definition) is 3. The lowest BCUT2D eigenvalue weighted by Gasteiger charge is -2.12. The Morgan fingerprint density at radius 1 is 1.44 bits per heavy atom. The maximum absolute atomic E-state index is 5.10. The van der Waals surface area contributed by atoms with Crippen LogP contribution in [0.25, 0.3) is 11.0 Å². The third-order valence-corrected chi connectivity index (χ3v) is 2.77. The fourth-order valence-electron chi connectivity index (χ4n) is 1.71. The normalized spacial score (nSPS) is 12.9. The van der Waals surface area contributed by atoms with Crippen LogP contribution in [0.4, 0.5) is 0 Å². The SMILES string of the molecule is CN[C@H](C)Cn1ccc2nc(OC)ccc21. The van der Waals surface area contributed by atoms with E-state index in [1.165, 1.54) is 0 Å². The van der Waals surface area contributed by atoms with Crippen molar-refractivity contribution in [1.82, 2.24) is 14.9 Å². The van der Waals surface area contributed by atoms with Crippen LogP contribution in [0, 0.1) is 0 Å². The molecule has 0 aromatic carbocycles. The van der Waals surface area contributed by atoms with Gasteiger partial charge in [-0.1, -0.05) is 0 Å². The quantitative estimate of drug-likeness (QED) is 0.850. The summed E-state index contributed by atoms with van der Waals surface area (Å²) in [5.74, 6) is 0.659. The Hall–Kier alpha value is -1.55. The lowest BCUT2D eigenvalue weighted by atomic mass is 10.3. The van der Waals surface area contributed by atoms with E-state index in [-0.39, 0.29) is 0 Å². The molecule has 2 heterocycles. The summed E-state index contributed by atoms with van der Waals surface area (Å²) in [7, 11) is 3.60. The molecule has 0 amide bonds. The molecule has 16 heavy (non-hydrogen) atoms. The van der Waals surface area contributed by atoms with Crippen LogP contribution in [-0.4, -0.2) is 29.8 Å². The molecule has 0 spiro atoms. The highest BCUT2D eigenvalue weighted by Gasteiger charge is 2.06. The molecule has 0 fully saturated rings. The summed E-state index contributed by atoms with van der Waals surface area (Å²) in [5, 5.41) is 3.22. The molecule has 0 saturated carbocycles. The number of hydrogen-bond donors (Lipinski definition) is 1. The van der Waals surface area contributed by atoms with Gasteiger partial charge in [0.2, 0.25) is 5.88 Å². The molecule has 1 atom stereocenters. The summed E-state index contributed by atoms with van der Waals surface area (Å²) >= 11 is 0. The van der Waals surface area contributed by atoms with Gasteiger partial charge in [-0.25, -0.2) is 4.98 Å². The van der Waals surface area contributed by atoms with E-state index in [1.807, 2.05) is 25.2 Å². The third-order valence-electron chi connectivity index (χ3n) is 2.77. The van der Waals surface area contributed by atoms with Crippen LogP contribution in [-0.2, 0) is 6.54 Å². The van der Waals surface area contributed by atoms with Crippen molar-refractivity contribution in [2.75, 3.05) is 14.2 Å². The maximum Gasteiger partial charge on any atom is 0.213 e. The van der Waals surface area contributed by atoms with Gasteiger partial charge in [-0.15, -0.1) is 0 Å². The Balaban J connectivity index is 2.34. The van der Waals surface area contributed by atoms with Gasteiger partial charge in [0.15, 0.2) is 0 Å². The van der Waals surface area contributed by atoms with Gasteiger partial charge in [0.05, 0.1) is 18.1 Å². The van der Waals surface area contributed by atoms with Crippen molar-refractivity contribution in [2.45, 2.75) is 19.5 Å². The average molecular weight is 219 g/mol. The Labute approximate surface area is 95.2 Å². The minimum Gasteiger partial charge on any atom is -0.481 e. The number of aromatic nitrogens is 2. The van der Waals surface area contributed by atoms with Crippen LogP contribution in [0.3, 0.4) is 0 Å². The number of nitrogens with zero attached hydrogens (tertiary/aromatic N) is 2. The van der Waals surface area contributed by atoms with Crippen LogP contribution < -0.4 is 10.1 Å². The van der Waals surface area contributed by atoms with Gasteiger partial charge in [-0.2, -0.15) is 0 Å². The maximum atomic E-state index is 5.10. The van der Waals surface area contributed by atoms with E-state index < -0.39 is 0 Å². The first-order chi connectivity index (χ1) is 7.74. The topological polar surface area (TPSA) is 39.1 Å². The largest absolute Gasteiger partial charge is 0.481 e. The van der Waals surface area contributed by atoms with Crippen molar-refractivity contribution in [1.29, 1.82) is 0 Å². The summed E-state index contributed by atoms with van der Waals surface area (Å²) < 4.78 is 7.30. The smallest absolute Gasteiger partial charge is 0.213 e. The number of fused-ring (bicyclic) bond motifs is 1. The van der Waals surface area contributed by atoms with Crippen LogP contribution in [0.15, 0.2) is 24.4 Å². The van der Waals surface area contributed by atoms with E-state index in [2.05, 4.69) is 28.0 Å². The van der Waals surface area contributed by atoms with Crippen LogP contribution in [0.5, 0.6) is 5.88 Å². The first kappa shape index (κ1) is 11.0. The second kappa shape index (κ2) is 4.53. The second-order valence-corrected chi connectivity index (χ2v) is 3.92. The molecule has 86 valence electrons. The monoisotopic (exact) mass is 219 g/mol. The second-order valence-electron chi connectivity index (χ2n) is 3.92. The van der Waals surface area contributed by atoms with Gasteiger partial charge in [-0.05, 0) is 26.1 Å². The highest BCUT2D eigenvalue weighted by Crippen LogP contribution is 2.17. The molecule has 1 N–H and O–H groups in total. The summed E-state index contributed by atoms with van der Waals surface area (Å²) in [5.41, 5.74) is 2.12. The molecule has 2 rings (SSSR count). The molecule has 0 aliphatic rings. The molecule has 0 unspecified atom stereocenters. The first-order valence-corrected chi connectivity index (χ1v) is 5.41. The number of pyridine rings is 1. The molecule has 2 aromatic heterocycles. The summed E-state index contributed by atoms with van der Waals surface area (Å²) in [6, 6.07) is 6.39. The fourth-order valence-corrected chi connectivity index (χ4v) is 1.71. The Morgan fingerprint density at radius 3 is 2.94 bits per heavy atom. The molecule has 0 radical (unpaired) electrons. The zero-order valence-electron chi connectivity index (χ0n) is 9.90. The van der Waals surface area contributed by atoms with E-state index in [4.69, 9.17) is 4.74 Å². The predicted molar refractivity (Wildman–Crippen MR) is 64.8 cm³/mol. The number of ether oxygens (including phenoxy) is 1. The van der Waals surface area contributed by atoms with Crippen molar-refractivity contribution < 1.29 is 4.74 Å². The molecule has 0 bridgehead atoms. The summed E-state index contributed by atoms with van der Waals surface area (Å²) in [6.45, 7) is 3.09. The van der Waals surface area contributed by atoms with Gasteiger partial charge in [0, 0.05) is 24.8 Å². The summed E-state index contributed by atoms with van der Waals surface area (Å²) in [6.07, 6.45) is 2.06. The number of methoxy groups -OCH3 is 1. The van der Waals surface area contributed by atoms with Gasteiger partial charge in [0.25, 0.3) is 0 Å². The number of rotatable bonds is 4. The minimum atomic E-state index is 0.442. The molecule has 0 aliphatic heterocycles. The predicted octanol–water partition coefficient (Wildman–Crippen LogP) is 1.65. The van der Waals surface area contributed by atoms with Crippen molar-refractivity contribution in [3.63, 3.8) is 0 Å². The summed E-state index contributed by atoms with van der Waals surface area (Å²) in [4.78, 5) is 4.38. The molecule has 0 saturated heterocycles. The van der Waals surface area contributed by atoms with Crippen molar-refractivity contribution >= 4 is 11.0 Å². The number of nitrogens with one attached hydrogen (secondary N) is 1. The molecule has 4 heteroatoms. The van der Waals surface area contributed by atoms with Crippen LogP contribution >= 0.6 is 0 Å². The minimum absolute atomic E-state index is 0.442. The zero-order chi connectivity index (χ0) is 11.5. The van der Waals surface area contributed by atoms with E-state index in [0.717, 1.165) is 17.6 Å². The van der Waals surface area contributed by atoms with Crippen molar-refractivity contribution in [3.05, 3.63) is 24.4 Å². The zero-order valence-corrected chi connectivity index (χ0v) is 9.90. The van der Waals surface area contributed by atoms with Crippen LogP contribution in [0.2, 0.25) is 0 Å². The Bertz CT molecular complexity index is 478. The van der Waals surface area contributed by atoms with Gasteiger partial charge in [-0.3, -0.25) is 0 Å². The van der Waals surface area contributed by atoms with Crippen molar-refractivity contribution in [2.24, 2.45) is 0 Å². The van der Waals surface area contributed by atoms with E-state index >= 15 is 0 Å². The lowest BCUT2D eigenvalue weighted by molar-refractivity contribution is 0.399. The molecule has 0 aliphatic carbocycles. The molecule has 4 nitrogen and oxygen atoms in total. The number of likely N-dealkylation sites (N-methyl/N-ethyl adjacent to an activating group) is 1. The van der Waals surface area contributed by atoms with Crippen molar-refractivity contribution in [3.8, 4) is 5.88 Å². The van der Waals surface area contributed by atoms with E-state index in [1.54, 1.807) is 7.11 Å². The lowest BCUT2D eigenvalue weighted by Crippen LogP contribution is -2.26. The van der Waals surface area contributed by atoms with E-state index in [0.29, 0.717) is 11.9 Å². The first-order valence-electron chi connectivity index (χ1n) is 5.41. The average Bonchev–Trinajstić information content (AvgIpc) is 2.71. The highest BCUT2D eigenvalue weighted by atomic mass is 16.5. The molecular formula is C12H17N3O. The molecular weight excluding hydrogens is 202 g/mol. The van der Waals surface area contributed by atoms with Gasteiger partial charge in [0.1, 0.15) is 0 Å². The Morgan fingerprint density at radius 2 is 2.25 bits per heavy atom. The third kappa shape index (κ3) is 2.02. The van der Waals surface area contributed by atoms with Crippen LogP contribution in [0.1, 0.15) is 6.92 Å². The highest BCUT2D eigenvalue weighted by molar-refractivity contribution is 5.76. The fraction of sp³-hybridized carbons (Fsp3) is 0.417. The van der Waals surface area contributed by atoms with Gasteiger partial charge < -0.3 is 14.6 Å². The Kier molecular flexibility index (Phi) is 3.10.